The minimum absolute atomic E-state index is 0.108. The van der Waals surface area contributed by atoms with Crippen LogP contribution in [0, 0.1) is 5.92 Å². The van der Waals surface area contributed by atoms with E-state index in [9.17, 15) is 4.39 Å². The summed E-state index contributed by atoms with van der Waals surface area (Å²) in [6.07, 6.45) is 10.2. The van der Waals surface area contributed by atoms with Gasteiger partial charge in [-0.25, -0.2) is 0 Å². The molecule has 0 amide bonds. The predicted molar refractivity (Wildman–Crippen MR) is 86.7 cm³/mol. The molecule has 118 valence electrons. The van der Waals surface area contributed by atoms with E-state index in [0.717, 1.165) is 11.1 Å². The van der Waals surface area contributed by atoms with Gasteiger partial charge in [-0.3, -0.25) is 10.1 Å². The third kappa shape index (κ3) is 4.91. The first-order valence-corrected chi connectivity index (χ1v) is 7.37. The molecule has 0 fully saturated rings. The summed E-state index contributed by atoms with van der Waals surface area (Å²) in [5, 5.41) is 8.96. The van der Waals surface area contributed by atoms with Crippen LogP contribution in [0.15, 0.2) is 60.2 Å². The molecule has 4 heteroatoms. The fourth-order valence-corrected chi connectivity index (χ4v) is 2.06. The Morgan fingerprint density at radius 2 is 2.09 bits per heavy atom. The summed E-state index contributed by atoms with van der Waals surface area (Å²) in [4.78, 5) is 0. The Morgan fingerprint density at radius 3 is 2.68 bits per heavy atom. The molecule has 1 aliphatic carbocycles. The van der Waals surface area contributed by atoms with Gasteiger partial charge in [0.1, 0.15) is 5.72 Å². The van der Waals surface area contributed by atoms with Crippen LogP contribution in [-0.4, -0.2) is 30.7 Å². The summed E-state index contributed by atoms with van der Waals surface area (Å²) >= 11 is 0. The zero-order valence-electron chi connectivity index (χ0n) is 12.5. The van der Waals surface area contributed by atoms with Gasteiger partial charge < -0.3 is 9.84 Å². The minimum Gasteiger partial charge on any atom is -0.396 e. The van der Waals surface area contributed by atoms with Crippen LogP contribution >= 0.6 is 0 Å². The molecule has 0 heterocycles. The fourth-order valence-electron chi connectivity index (χ4n) is 2.06. The third-order valence-electron chi connectivity index (χ3n) is 3.55. The normalized spacial score (nSPS) is 22.8. The zero-order valence-corrected chi connectivity index (χ0v) is 12.5. The molecule has 1 aromatic carbocycles. The molecular weight excluding hydrogens is 281 g/mol. The Bertz CT molecular complexity index is 549. The van der Waals surface area contributed by atoms with E-state index in [1.807, 2.05) is 54.6 Å². The first kappa shape index (κ1) is 16.6. The molecule has 0 bridgehead atoms. The van der Waals surface area contributed by atoms with E-state index in [0.29, 0.717) is 6.42 Å². The number of allylic oxidation sites excluding steroid dienone is 3. The SMILES string of the molecule is NC1(OCC(CO)CF)C=CC(C=Cc2ccccc2)=CC1. The maximum absolute atomic E-state index is 12.5. The number of aliphatic hydroxyl groups is 1. The van der Waals surface area contributed by atoms with Gasteiger partial charge in [0.05, 0.1) is 19.9 Å². The fraction of sp³-hybridized carbons (Fsp3) is 0.333. The van der Waals surface area contributed by atoms with Crippen molar-refractivity contribution in [1.29, 1.82) is 0 Å². The molecule has 3 nitrogen and oxygen atoms in total. The van der Waals surface area contributed by atoms with Gasteiger partial charge in [-0.1, -0.05) is 54.6 Å². The van der Waals surface area contributed by atoms with Crippen LogP contribution in [-0.2, 0) is 4.74 Å². The summed E-state index contributed by atoms with van der Waals surface area (Å²) in [6, 6.07) is 10.0. The number of hydrogen-bond donors (Lipinski definition) is 2. The number of halogens is 1. The molecule has 0 aliphatic heterocycles. The van der Waals surface area contributed by atoms with Crippen LogP contribution in [0.5, 0.6) is 0 Å². The van der Waals surface area contributed by atoms with E-state index in [4.69, 9.17) is 15.6 Å². The topological polar surface area (TPSA) is 55.5 Å². The van der Waals surface area contributed by atoms with Crippen molar-refractivity contribution in [1.82, 2.24) is 0 Å². The molecule has 2 unspecified atom stereocenters. The first-order chi connectivity index (χ1) is 10.6. The number of benzene rings is 1. The minimum atomic E-state index is -0.924. The number of rotatable bonds is 7. The van der Waals surface area contributed by atoms with Crippen LogP contribution in [0.1, 0.15) is 12.0 Å². The average Bonchev–Trinajstić information content (AvgIpc) is 2.56. The van der Waals surface area contributed by atoms with E-state index in [1.165, 1.54) is 0 Å². The van der Waals surface area contributed by atoms with E-state index in [2.05, 4.69) is 0 Å². The lowest BCUT2D eigenvalue weighted by atomic mass is 9.99. The second kappa shape index (κ2) is 8.03. The Labute approximate surface area is 130 Å². The van der Waals surface area contributed by atoms with E-state index in [1.54, 1.807) is 6.08 Å². The van der Waals surface area contributed by atoms with Crippen LogP contribution in [0.4, 0.5) is 4.39 Å². The highest BCUT2D eigenvalue weighted by molar-refractivity contribution is 5.55. The third-order valence-corrected chi connectivity index (χ3v) is 3.55. The van der Waals surface area contributed by atoms with Gasteiger partial charge in [0.2, 0.25) is 0 Å². The first-order valence-electron chi connectivity index (χ1n) is 7.37. The Morgan fingerprint density at radius 1 is 1.32 bits per heavy atom. The van der Waals surface area contributed by atoms with Crippen LogP contribution in [0.3, 0.4) is 0 Å². The molecule has 1 aromatic rings. The van der Waals surface area contributed by atoms with Gasteiger partial charge in [-0.2, -0.15) is 0 Å². The largest absolute Gasteiger partial charge is 0.396 e. The molecule has 0 aromatic heterocycles. The van der Waals surface area contributed by atoms with Crippen LogP contribution < -0.4 is 5.73 Å². The summed E-state index contributed by atoms with van der Waals surface area (Å²) in [5.41, 5.74) is 7.36. The lowest BCUT2D eigenvalue weighted by Gasteiger charge is -2.29. The summed E-state index contributed by atoms with van der Waals surface area (Å²) in [7, 11) is 0. The van der Waals surface area contributed by atoms with Crippen LogP contribution in [0.2, 0.25) is 0 Å². The van der Waals surface area contributed by atoms with Crippen molar-refractivity contribution in [3.8, 4) is 0 Å². The molecule has 0 radical (unpaired) electrons. The standard InChI is InChI=1S/C18H22FNO2/c19-12-17(13-21)14-22-18(20)10-8-16(9-11-18)7-6-15-4-2-1-3-5-15/h1-10,17,21H,11-14,20H2. The lowest BCUT2D eigenvalue weighted by molar-refractivity contribution is -0.0345. The highest BCUT2D eigenvalue weighted by atomic mass is 19.1. The molecule has 2 atom stereocenters. The second-order valence-corrected chi connectivity index (χ2v) is 5.45. The maximum Gasteiger partial charge on any atom is 0.139 e. The summed E-state index contributed by atoms with van der Waals surface area (Å²) in [6.45, 7) is -0.745. The van der Waals surface area contributed by atoms with Gasteiger partial charge in [-0.05, 0) is 17.2 Å². The number of aliphatic hydroxyl groups excluding tert-OH is 1. The molecular formula is C18H22FNO2. The quantitative estimate of drug-likeness (QED) is 0.762. The smallest absolute Gasteiger partial charge is 0.139 e. The van der Waals surface area contributed by atoms with Crippen LogP contribution in [0.25, 0.3) is 6.08 Å². The monoisotopic (exact) mass is 303 g/mol. The van der Waals surface area contributed by atoms with Crippen molar-refractivity contribution in [2.45, 2.75) is 12.1 Å². The molecule has 1 aliphatic rings. The average molecular weight is 303 g/mol. The Kier molecular flexibility index (Phi) is 6.07. The molecule has 0 saturated heterocycles. The summed E-state index contributed by atoms with van der Waals surface area (Å²) in [5.74, 6) is -0.517. The molecule has 0 spiro atoms. The van der Waals surface area contributed by atoms with E-state index < -0.39 is 18.3 Å². The Balaban J connectivity index is 1.89. The molecule has 3 N–H and O–H groups in total. The highest BCUT2D eigenvalue weighted by Gasteiger charge is 2.25. The highest BCUT2D eigenvalue weighted by Crippen LogP contribution is 2.22. The van der Waals surface area contributed by atoms with Crippen molar-refractivity contribution < 1.29 is 14.2 Å². The maximum atomic E-state index is 12.5. The second-order valence-electron chi connectivity index (χ2n) is 5.45. The van der Waals surface area contributed by atoms with Gasteiger partial charge in [0.15, 0.2) is 0 Å². The van der Waals surface area contributed by atoms with Crippen molar-refractivity contribution in [2.24, 2.45) is 11.7 Å². The van der Waals surface area contributed by atoms with Crippen molar-refractivity contribution in [3.05, 3.63) is 65.8 Å². The van der Waals surface area contributed by atoms with Crippen molar-refractivity contribution in [3.63, 3.8) is 0 Å². The Hall–Kier alpha value is -1.75. The van der Waals surface area contributed by atoms with Gasteiger partial charge in [0.25, 0.3) is 0 Å². The molecule has 0 saturated carbocycles. The predicted octanol–water partition coefficient (Wildman–Crippen LogP) is 2.84. The van der Waals surface area contributed by atoms with E-state index >= 15 is 0 Å². The van der Waals surface area contributed by atoms with Crippen molar-refractivity contribution >= 4 is 6.08 Å². The van der Waals surface area contributed by atoms with Gasteiger partial charge in [-0.15, -0.1) is 0 Å². The number of hydrogen-bond acceptors (Lipinski definition) is 3. The number of ether oxygens (including phenoxy) is 1. The van der Waals surface area contributed by atoms with Crippen molar-refractivity contribution in [2.75, 3.05) is 19.9 Å². The van der Waals surface area contributed by atoms with Gasteiger partial charge >= 0.3 is 0 Å². The lowest BCUT2D eigenvalue weighted by Crippen LogP contribution is -2.43. The summed E-state index contributed by atoms with van der Waals surface area (Å²) < 4.78 is 18.1. The molecule has 22 heavy (non-hydrogen) atoms. The van der Waals surface area contributed by atoms with Gasteiger partial charge in [0, 0.05) is 12.3 Å². The molecule has 2 rings (SSSR count). The number of nitrogens with two attached hydrogens (primary N) is 1. The van der Waals surface area contributed by atoms with E-state index in [-0.39, 0.29) is 13.2 Å². The number of alkyl halides is 1. The zero-order chi connectivity index (χ0) is 15.8.